The molecule has 0 spiro atoms. The predicted octanol–water partition coefficient (Wildman–Crippen LogP) is 3.88. The summed E-state index contributed by atoms with van der Waals surface area (Å²) in [4.78, 5) is 22.8. The highest BCUT2D eigenvalue weighted by molar-refractivity contribution is 5.88. The summed E-state index contributed by atoms with van der Waals surface area (Å²) in [6.07, 6.45) is 0.965. The summed E-state index contributed by atoms with van der Waals surface area (Å²) in [7, 11) is 0. The lowest BCUT2D eigenvalue weighted by molar-refractivity contribution is -0.136. The van der Waals surface area contributed by atoms with Gasteiger partial charge in [0.1, 0.15) is 11.5 Å². The van der Waals surface area contributed by atoms with Gasteiger partial charge >= 0.3 is 11.9 Å². The SMILES string of the molecule is CCC(C)c1ccccc1OCC(=O)Oc1cccc(C(=O)O)c1. The molecule has 0 bridgehead atoms. The first-order valence-corrected chi connectivity index (χ1v) is 7.77. The number of esters is 1. The van der Waals surface area contributed by atoms with Crippen molar-refractivity contribution in [1.29, 1.82) is 0 Å². The molecular formula is C19H20O5. The number of carboxylic acids is 1. The molecular weight excluding hydrogens is 308 g/mol. The number of para-hydroxylation sites is 1. The van der Waals surface area contributed by atoms with Crippen LogP contribution in [0.1, 0.15) is 42.1 Å². The summed E-state index contributed by atoms with van der Waals surface area (Å²) in [5.74, 6) is -0.505. The number of ether oxygens (including phenoxy) is 2. The van der Waals surface area contributed by atoms with Gasteiger partial charge in [-0.25, -0.2) is 9.59 Å². The Morgan fingerprint density at radius 3 is 2.58 bits per heavy atom. The second kappa shape index (κ2) is 8.15. The monoisotopic (exact) mass is 328 g/mol. The number of rotatable bonds is 7. The van der Waals surface area contributed by atoms with E-state index in [0.717, 1.165) is 12.0 Å². The number of carbonyl (C=O) groups is 2. The van der Waals surface area contributed by atoms with Crippen LogP contribution in [-0.4, -0.2) is 23.7 Å². The second-order valence-electron chi connectivity index (χ2n) is 5.44. The summed E-state index contributed by atoms with van der Waals surface area (Å²) in [6, 6.07) is 13.4. The smallest absolute Gasteiger partial charge is 0.349 e. The topological polar surface area (TPSA) is 72.8 Å². The van der Waals surface area contributed by atoms with Gasteiger partial charge in [0.2, 0.25) is 0 Å². The molecule has 126 valence electrons. The fraction of sp³-hybridized carbons (Fsp3) is 0.263. The fourth-order valence-electron chi connectivity index (χ4n) is 2.23. The lowest BCUT2D eigenvalue weighted by atomic mass is 9.98. The van der Waals surface area contributed by atoms with Crippen LogP contribution in [0.5, 0.6) is 11.5 Å². The maximum absolute atomic E-state index is 11.9. The van der Waals surface area contributed by atoms with E-state index in [1.165, 1.54) is 24.3 Å². The van der Waals surface area contributed by atoms with E-state index in [2.05, 4.69) is 13.8 Å². The quantitative estimate of drug-likeness (QED) is 0.617. The molecule has 5 nitrogen and oxygen atoms in total. The molecule has 1 N–H and O–H groups in total. The molecule has 0 heterocycles. The van der Waals surface area contributed by atoms with Gasteiger partial charge in [0.25, 0.3) is 0 Å². The highest BCUT2D eigenvalue weighted by Gasteiger charge is 2.13. The van der Waals surface area contributed by atoms with Crippen molar-refractivity contribution in [2.45, 2.75) is 26.2 Å². The molecule has 0 aliphatic rings. The third-order valence-electron chi connectivity index (χ3n) is 3.72. The number of benzene rings is 2. The summed E-state index contributed by atoms with van der Waals surface area (Å²) in [6.45, 7) is 3.94. The van der Waals surface area contributed by atoms with Crippen LogP contribution in [0.3, 0.4) is 0 Å². The number of hydrogen-bond donors (Lipinski definition) is 1. The van der Waals surface area contributed by atoms with Gasteiger partial charge in [0.05, 0.1) is 5.56 Å². The average Bonchev–Trinajstić information content (AvgIpc) is 2.59. The van der Waals surface area contributed by atoms with Crippen LogP contribution in [0, 0.1) is 0 Å². The summed E-state index contributed by atoms with van der Waals surface area (Å²) in [5, 5.41) is 8.94. The zero-order valence-electron chi connectivity index (χ0n) is 13.7. The van der Waals surface area contributed by atoms with Crippen LogP contribution >= 0.6 is 0 Å². The van der Waals surface area contributed by atoms with Crippen molar-refractivity contribution in [1.82, 2.24) is 0 Å². The van der Waals surface area contributed by atoms with Crippen molar-refractivity contribution in [2.75, 3.05) is 6.61 Å². The molecule has 0 amide bonds. The molecule has 1 atom stereocenters. The zero-order chi connectivity index (χ0) is 17.5. The van der Waals surface area contributed by atoms with Crippen molar-refractivity contribution in [3.05, 3.63) is 59.7 Å². The van der Waals surface area contributed by atoms with Crippen molar-refractivity contribution in [2.24, 2.45) is 0 Å². The fourth-order valence-corrected chi connectivity index (χ4v) is 2.23. The van der Waals surface area contributed by atoms with Gasteiger partial charge in [-0.1, -0.05) is 38.1 Å². The van der Waals surface area contributed by atoms with Crippen LogP contribution in [0.25, 0.3) is 0 Å². The first-order chi connectivity index (χ1) is 11.5. The molecule has 24 heavy (non-hydrogen) atoms. The first-order valence-electron chi connectivity index (χ1n) is 7.77. The highest BCUT2D eigenvalue weighted by Crippen LogP contribution is 2.28. The normalized spacial score (nSPS) is 11.6. The molecule has 0 saturated carbocycles. The molecule has 2 aromatic rings. The van der Waals surface area contributed by atoms with Crippen molar-refractivity contribution >= 4 is 11.9 Å². The summed E-state index contributed by atoms with van der Waals surface area (Å²) < 4.78 is 10.7. The van der Waals surface area contributed by atoms with Gasteiger partial charge < -0.3 is 14.6 Å². The van der Waals surface area contributed by atoms with E-state index in [1.54, 1.807) is 0 Å². The van der Waals surface area contributed by atoms with Crippen LogP contribution in [0.15, 0.2) is 48.5 Å². The van der Waals surface area contributed by atoms with E-state index in [4.69, 9.17) is 14.6 Å². The molecule has 0 radical (unpaired) electrons. The Bertz CT molecular complexity index is 723. The van der Waals surface area contributed by atoms with E-state index < -0.39 is 11.9 Å². The van der Waals surface area contributed by atoms with E-state index in [1.807, 2.05) is 24.3 Å². The third kappa shape index (κ3) is 4.59. The lowest BCUT2D eigenvalue weighted by Gasteiger charge is -2.15. The summed E-state index contributed by atoms with van der Waals surface area (Å²) >= 11 is 0. The van der Waals surface area contributed by atoms with Gasteiger partial charge in [-0.15, -0.1) is 0 Å². The maximum atomic E-state index is 11.9. The van der Waals surface area contributed by atoms with Gasteiger partial charge in [-0.3, -0.25) is 0 Å². The second-order valence-corrected chi connectivity index (χ2v) is 5.44. The van der Waals surface area contributed by atoms with E-state index in [0.29, 0.717) is 11.7 Å². The molecule has 2 aromatic carbocycles. The minimum Gasteiger partial charge on any atom is -0.482 e. The van der Waals surface area contributed by atoms with E-state index in [9.17, 15) is 9.59 Å². The lowest BCUT2D eigenvalue weighted by Crippen LogP contribution is -2.18. The standard InChI is InChI=1S/C19H20O5/c1-3-13(2)16-9-4-5-10-17(16)23-12-18(20)24-15-8-6-7-14(11-15)19(21)22/h4-11,13H,3,12H2,1-2H3,(H,21,22). The minimum absolute atomic E-state index is 0.0586. The third-order valence-corrected chi connectivity index (χ3v) is 3.72. The number of carboxylic acid groups (broad SMARTS) is 1. The van der Waals surface area contributed by atoms with Crippen LogP contribution in [0.2, 0.25) is 0 Å². The van der Waals surface area contributed by atoms with Gasteiger partial charge in [-0.2, -0.15) is 0 Å². The Labute approximate surface area is 140 Å². The van der Waals surface area contributed by atoms with Crippen molar-refractivity contribution in [3.8, 4) is 11.5 Å². The molecule has 0 aliphatic carbocycles. The molecule has 0 fully saturated rings. The van der Waals surface area contributed by atoms with Crippen molar-refractivity contribution in [3.63, 3.8) is 0 Å². The average molecular weight is 328 g/mol. The van der Waals surface area contributed by atoms with Crippen LogP contribution in [-0.2, 0) is 4.79 Å². The Morgan fingerprint density at radius 1 is 1.12 bits per heavy atom. The molecule has 0 aliphatic heterocycles. The minimum atomic E-state index is -1.08. The molecule has 1 unspecified atom stereocenters. The number of hydrogen-bond acceptors (Lipinski definition) is 4. The Hall–Kier alpha value is -2.82. The van der Waals surface area contributed by atoms with Gasteiger partial charge in [0.15, 0.2) is 6.61 Å². The Morgan fingerprint density at radius 2 is 1.88 bits per heavy atom. The van der Waals surface area contributed by atoms with Gasteiger partial charge in [0, 0.05) is 0 Å². The van der Waals surface area contributed by atoms with Crippen LogP contribution < -0.4 is 9.47 Å². The van der Waals surface area contributed by atoms with Gasteiger partial charge in [-0.05, 0) is 42.2 Å². The van der Waals surface area contributed by atoms with Crippen LogP contribution in [0.4, 0.5) is 0 Å². The Balaban J connectivity index is 1.99. The Kier molecular flexibility index (Phi) is 5.95. The number of aromatic carboxylic acids is 1. The first kappa shape index (κ1) is 17.5. The maximum Gasteiger partial charge on any atom is 0.349 e. The molecule has 2 rings (SSSR count). The number of carbonyl (C=O) groups excluding carboxylic acids is 1. The molecule has 0 saturated heterocycles. The van der Waals surface area contributed by atoms with E-state index in [-0.39, 0.29) is 17.9 Å². The highest BCUT2D eigenvalue weighted by atomic mass is 16.6. The van der Waals surface area contributed by atoms with E-state index >= 15 is 0 Å². The largest absolute Gasteiger partial charge is 0.482 e. The molecule has 0 aromatic heterocycles. The summed E-state index contributed by atoms with van der Waals surface area (Å²) in [5.41, 5.74) is 1.10. The zero-order valence-corrected chi connectivity index (χ0v) is 13.7. The van der Waals surface area contributed by atoms with Crippen molar-refractivity contribution < 1.29 is 24.2 Å². The molecule has 5 heteroatoms. The predicted molar refractivity (Wildman–Crippen MR) is 89.7 cm³/mol.